The number of allylic oxidation sites excluding steroid dienone is 2. The van der Waals surface area contributed by atoms with Gasteiger partial charge in [-0.25, -0.2) is 0 Å². The number of hydrogen-bond acceptors (Lipinski definition) is 3. The zero-order chi connectivity index (χ0) is 28.8. The van der Waals surface area contributed by atoms with Crippen molar-refractivity contribution in [1.29, 1.82) is 0 Å². The van der Waals surface area contributed by atoms with Crippen LogP contribution in [-0.4, -0.2) is 25.4 Å². The fourth-order valence-corrected chi connectivity index (χ4v) is 8.08. The van der Waals surface area contributed by atoms with Gasteiger partial charge in [0.2, 0.25) is 11.6 Å². The molecule has 4 aliphatic rings. The van der Waals surface area contributed by atoms with Crippen LogP contribution < -0.4 is 9.47 Å². The molecule has 3 nitrogen and oxygen atoms in total. The molecule has 1 aromatic carbocycles. The van der Waals surface area contributed by atoms with E-state index in [0.717, 1.165) is 43.6 Å². The molecule has 1 aromatic rings. The van der Waals surface area contributed by atoms with Gasteiger partial charge in [-0.15, -0.1) is 0 Å². The highest BCUT2D eigenvalue weighted by Crippen LogP contribution is 2.47. The third-order valence-corrected chi connectivity index (χ3v) is 10.7. The van der Waals surface area contributed by atoms with Crippen LogP contribution in [-0.2, 0) is 4.74 Å². The SMILES string of the molecule is CCCC1CCC(COC2(C)C=CC(C3CCC4CC(COc5ccc(OCC)c(F)c5F)CCC4C3)=CC2)CC1. The minimum absolute atomic E-state index is 0.0110. The second-order valence-electron chi connectivity index (χ2n) is 13.7. The van der Waals surface area contributed by atoms with E-state index in [1.165, 1.54) is 81.9 Å². The van der Waals surface area contributed by atoms with Crippen LogP contribution in [0.1, 0.15) is 104 Å². The Morgan fingerprint density at radius 2 is 1.44 bits per heavy atom. The molecule has 0 N–H and O–H groups in total. The maximum atomic E-state index is 14.4. The summed E-state index contributed by atoms with van der Waals surface area (Å²) in [5.41, 5.74) is 1.35. The van der Waals surface area contributed by atoms with Crippen LogP contribution in [0.15, 0.2) is 35.9 Å². The highest BCUT2D eigenvalue weighted by Gasteiger charge is 2.37. The lowest BCUT2D eigenvalue weighted by Crippen LogP contribution is -2.34. The maximum Gasteiger partial charge on any atom is 0.204 e. The molecule has 0 radical (unpaired) electrons. The summed E-state index contributed by atoms with van der Waals surface area (Å²) >= 11 is 0. The molecule has 0 spiro atoms. The van der Waals surface area contributed by atoms with E-state index < -0.39 is 11.6 Å². The van der Waals surface area contributed by atoms with Crippen LogP contribution in [0, 0.1) is 47.1 Å². The molecule has 5 atom stereocenters. The second kappa shape index (κ2) is 14.1. The summed E-state index contributed by atoms with van der Waals surface area (Å²) < 4.78 is 46.1. The number of ether oxygens (including phenoxy) is 3. The molecule has 0 aromatic heterocycles. The van der Waals surface area contributed by atoms with Crippen molar-refractivity contribution in [2.24, 2.45) is 35.5 Å². The molecule has 5 heteroatoms. The van der Waals surface area contributed by atoms with Gasteiger partial charge >= 0.3 is 0 Å². The van der Waals surface area contributed by atoms with Crippen molar-refractivity contribution < 1.29 is 23.0 Å². The summed E-state index contributed by atoms with van der Waals surface area (Å²) in [7, 11) is 0. The van der Waals surface area contributed by atoms with E-state index in [9.17, 15) is 8.78 Å². The van der Waals surface area contributed by atoms with Crippen LogP contribution in [0.2, 0.25) is 0 Å². The van der Waals surface area contributed by atoms with Crippen molar-refractivity contribution >= 4 is 0 Å². The Hall–Kier alpha value is -1.88. The Bertz CT molecular complexity index is 1060. The van der Waals surface area contributed by atoms with Gasteiger partial charge in [-0.3, -0.25) is 0 Å². The van der Waals surface area contributed by atoms with Gasteiger partial charge in [-0.2, -0.15) is 8.78 Å². The molecular formula is C36H52F2O3. The molecule has 0 heterocycles. The van der Waals surface area contributed by atoms with Crippen molar-refractivity contribution in [2.45, 2.75) is 110 Å². The van der Waals surface area contributed by atoms with Gasteiger partial charge in [0.15, 0.2) is 11.5 Å². The number of benzene rings is 1. The molecule has 4 aliphatic carbocycles. The first-order valence-corrected chi connectivity index (χ1v) is 16.6. The first kappa shape index (κ1) is 30.6. The van der Waals surface area contributed by atoms with Gasteiger partial charge in [-0.1, -0.05) is 50.8 Å². The Kier molecular flexibility index (Phi) is 10.5. The number of hydrogen-bond donors (Lipinski definition) is 0. The molecule has 0 aliphatic heterocycles. The van der Waals surface area contributed by atoms with Crippen LogP contribution in [0.4, 0.5) is 8.78 Å². The van der Waals surface area contributed by atoms with Gasteiger partial charge in [0.05, 0.1) is 25.4 Å². The summed E-state index contributed by atoms with van der Waals surface area (Å²) in [6.07, 6.45) is 23.5. The minimum Gasteiger partial charge on any atom is -0.491 e. The predicted octanol–water partition coefficient (Wildman–Crippen LogP) is 9.84. The van der Waals surface area contributed by atoms with E-state index in [4.69, 9.17) is 14.2 Å². The van der Waals surface area contributed by atoms with E-state index in [1.807, 2.05) is 0 Å². The van der Waals surface area contributed by atoms with Crippen molar-refractivity contribution in [3.05, 3.63) is 47.6 Å². The van der Waals surface area contributed by atoms with Crippen molar-refractivity contribution in [2.75, 3.05) is 19.8 Å². The van der Waals surface area contributed by atoms with Gasteiger partial charge in [0, 0.05) is 0 Å². The first-order valence-electron chi connectivity index (χ1n) is 16.6. The molecule has 3 saturated carbocycles. The third-order valence-electron chi connectivity index (χ3n) is 10.7. The van der Waals surface area contributed by atoms with Crippen LogP contribution in [0.3, 0.4) is 0 Å². The molecule has 5 unspecified atom stereocenters. The monoisotopic (exact) mass is 570 g/mol. The Morgan fingerprint density at radius 3 is 2.12 bits per heavy atom. The average molecular weight is 571 g/mol. The van der Waals surface area contributed by atoms with Crippen molar-refractivity contribution in [1.82, 2.24) is 0 Å². The van der Waals surface area contributed by atoms with E-state index >= 15 is 0 Å². The first-order chi connectivity index (χ1) is 19.9. The summed E-state index contributed by atoms with van der Waals surface area (Å²) in [6, 6.07) is 2.94. The summed E-state index contributed by atoms with van der Waals surface area (Å²) in [5, 5.41) is 0. The lowest BCUT2D eigenvalue weighted by atomic mass is 9.63. The molecular weight excluding hydrogens is 518 g/mol. The lowest BCUT2D eigenvalue weighted by molar-refractivity contribution is -0.0224. The number of rotatable bonds is 11. The maximum absolute atomic E-state index is 14.4. The van der Waals surface area contributed by atoms with Crippen molar-refractivity contribution in [3.8, 4) is 11.5 Å². The van der Waals surface area contributed by atoms with Gasteiger partial charge in [0.1, 0.15) is 0 Å². The van der Waals surface area contributed by atoms with Crippen LogP contribution in [0.25, 0.3) is 0 Å². The minimum atomic E-state index is -0.964. The van der Waals surface area contributed by atoms with E-state index in [1.54, 1.807) is 6.92 Å². The standard InChI is InChI=1S/C36H52F2O3/c1-4-6-25-7-9-26(10-8-25)24-41-36(3)19-17-28(18-20-36)30-14-13-29-21-27(11-12-31(29)22-30)23-40-33-16-15-32(39-5-2)34(37)35(33)38/h15-19,25-27,29-31H,4-14,20-24H2,1-3H3. The summed E-state index contributed by atoms with van der Waals surface area (Å²) in [6.45, 7) is 7.96. The van der Waals surface area contributed by atoms with Gasteiger partial charge in [-0.05, 0) is 125 Å². The number of halogens is 2. The lowest BCUT2D eigenvalue weighted by Gasteiger charge is -2.43. The van der Waals surface area contributed by atoms with E-state index in [0.29, 0.717) is 31.0 Å². The highest BCUT2D eigenvalue weighted by molar-refractivity contribution is 5.35. The average Bonchev–Trinajstić information content (AvgIpc) is 2.99. The molecule has 0 bridgehead atoms. The molecule has 0 amide bonds. The summed E-state index contributed by atoms with van der Waals surface area (Å²) in [5.74, 6) is 2.22. The molecule has 3 fully saturated rings. The largest absolute Gasteiger partial charge is 0.491 e. The van der Waals surface area contributed by atoms with Gasteiger partial charge < -0.3 is 14.2 Å². The van der Waals surface area contributed by atoms with Crippen LogP contribution >= 0.6 is 0 Å². The zero-order valence-corrected chi connectivity index (χ0v) is 25.6. The Labute approximate surface area is 247 Å². The van der Waals surface area contributed by atoms with Crippen molar-refractivity contribution in [3.63, 3.8) is 0 Å². The highest BCUT2D eigenvalue weighted by atomic mass is 19.2. The smallest absolute Gasteiger partial charge is 0.204 e. The van der Waals surface area contributed by atoms with E-state index in [-0.39, 0.29) is 17.1 Å². The molecule has 0 saturated heterocycles. The van der Waals surface area contributed by atoms with Gasteiger partial charge in [0.25, 0.3) is 0 Å². The molecule has 41 heavy (non-hydrogen) atoms. The Balaban J connectivity index is 1.04. The van der Waals surface area contributed by atoms with E-state index in [2.05, 4.69) is 32.1 Å². The quantitative estimate of drug-likeness (QED) is 0.265. The Morgan fingerprint density at radius 1 is 0.780 bits per heavy atom. The second-order valence-corrected chi connectivity index (χ2v) is 13.7. The summed E-state index contributed by atoms with van der Waals surface area (Å²) in [4.78, 5) is 0. The zero-order valence-electron chi connectivity index (χ0n) is 25.6. The molecule has 5 rings (SSSR count). The normalized spacial score (nSPS) is 33.6. The number of fused-ring (bicyclic) bond motifs is 1. The topological polar surface area (TPSA) is 27.7 Å². The predicted molar refractivity (Wildman–Crippen MR) is 161 cm³/mol. The van der Waals surface area contributed by atoms with Crippen LogP contribution in [0.5, 0.6) is 11.5 Å². The third kappa shape index (κ3) is 7.75. The fraction of sp³-hybridized carbons (Fsp3) is 0.722. The fourth-order valence-electron chi connectivity index (χ4n) is 8.08. The molecule has 228 valence electrons.